The average molecular weight is 385 g/mol. The molecule has 3 aromatic rings. The molecule has 1 atom stereocenters. The number of rotatable bonds is 3. The maximum absolute atomic E-state index is 13.5. The molecule has 1 unspecified atom stereocenters. The molecule has 4 rings (SSSR count). The van der Waals surface area contributed by atoms with Gasteiger partial charge in [-0.3, -0.25) is 9.89 Å². The zero-order valence-electron chi connectivity index (χ0n) is 16.0. The van der Waals surface area contributed by atoms with Crippen LogP contribution in [0, 0.1) is 20.8 Å². The molecular weight excluding hydrogens is 362 g/mol. The molecule has 0 radical (unpaired) electrons. The lowest BCUT2D eigenvalue weighted by molar-refractivity contribution is -0.00278. The van der Waals surface area contributed by atoms with Crippen molar-refractivity contribution in [3.63, 3.8) is 0 Å². The molecule has 1 aromatic carbocycles. The number of carbonyl (C=O) groups is 1. The van der Waals surface area contributed by atoms with Gasteiger partial charge in [-0.15, -0.1) is 11.3 Å². The third kappa shape index (κ3) is 3.00. The molecule has 0 saturated carbocycles. The van der Waals surface area contributed by atoms with Gasteiger partial charge in [-0.2, -0.15) is 5.10 Å². The van der Waals surface area contributed by atoms with Gasteiger partial charge in [-0.25, -0.2) is 0 Å². The van der Waals surface area contributed by atoms with Gasteiger partial charge in [0.05, 0.1) is 36.9 Å². The van der Waals surface area contributed by atoms with Gasteiger partial charge in [-0.1, -0.05) is 0 Å². The van der Waals surface area contributed by atoms with Crippen LogP contribution in [0.5, 0.6) is 5.75 Å². The highest BCUT2D eigenvalue weighted by Crippen LogP contribution is 2.36. The standard InChI is InChI=1S/C20H23N3O3S/c1-11-15-9-14(25-4)5-6-17(15)27-19(11)20(24)23-7-8-26-10-16(23)18-12(2)21-22-13(18)3/h5-6,9,16H,7-8,10H2,1-4H3,(H,21,22). The Balaban J connectivity index is 1.74. The number of ether oxygens (including phenoxy) is 2. The van der Waals surface area contributed by atoms with Crippen molar-refractivity contribution in [1.29, 1.82) is 0 Å². The van der Waals surface area contributed by atoms with Crippen molar-refractivity contribution in [3.05, 3.63) is 45.6 Å². The number of morpholine rings is 1. The second kappa shape index (κ2) is 6.98. The van der Waals surface area contributed by atoms with Gasteiger partial charge < -0.3 is 14.4 Å². The smallest absolute Gasteiger partial charge is 0.264 e. The van der Waals surface area contributed by atoms with Crippen molar-refractivity contribution in [3.8, 4) is 5.75 Å². The van der Waals surface area contributed by atoms with Crippen molar-refractivity contribution in [2.75, 3.05) is 26.9 Å². The van der Waals surface area contributed by atoms with Crippen LogP contribution in [-0.2, 0) is 4.74 Å². The lowest BCUT2D eigenvalue weighted by Gasteiger charge is -2.36. The maximum Gasteiger partial charge on any atom is 0.264 e. The number of carbonyl (C=O) groups excluding carboxylic acids is 1. The van der Waals surface area contributed by atoms with Gasteiger partial charge in [0.15, 0.2) is 0 Å². The average Bonchev–Trinajstić information content (AvgIpc) is 3.20. The number of hydrogen-bond acceptors (Lipinski definition) is 5. The van der Waals surface area contributed by atoms with Crippen LogP contribution in [0.4, 0.5) is 0 Å². The number of H-pyrrole nitrogens is 1. The van der Waals surface area contributed by atoms with E-state index in [1.165, 1.54) is 0 Å². The van der Waals surface area contributed by atoms with E-state index < -0.39 is 0 Å². The largest absolute Gasteiger partial charge is 0.497 e. The van der Waals surface area contributed by atoms with Crippen LogP contribution in [-0.4, -0.2) is 47.9 Å². The van der Waals surface area contributed by atoms with Gasteiger partial charge in [0, 0.05) is 22.5 Å². The first-order valence-corrected chi connectivity index (χ1v) is 9.80. The number of aryl methyl sites for hydroxylation is 3. The van der Waals surface area contributed by atoms with Crippen LogP contribution in [0.15, 0.2) is 18.2 Å². The summed E-state index contributed by atoms with van der Waals surface area (Å²) in [6.07, 6.45) is 0. The summed E-state index contributed by atoms with van der Waals surface area (Å²) in [4.78, 5) is 16.2. The summed E-state index contributed by atoms with van der Waals surface area (Å²) in [6, 6.07) is 5.83. The Hall–Kier alpha value is -2.38. The number of nitrogens with one attached hydrogen (secondary N) is 1. The van der Waals surface area contributed by atoms with E-state index >= 15 is 0 Å². The minimum atomic E-state index is -0.121. The summed E-state index contributed by atoms with van der Waals surface area (Å²) in [6.45, 7) is 7.58. The predicted molar refractivity (Wildman–Crippen MR) is 106 cm³/mol. The van der Waals surface area contributed by atoms with E-state index in [0.717, 1.165) is 43.2 Å². The van der Waals surface area contributed by atoms with Crippen LogP contribution < -0.4 is 4.74 Å². The number of hydrogen-bond donors (Lipinski definition) is 1. The molecule has 1 aliphatic rings. The van der Waals surface area contributed by atoms with Crippen LogP contribution in [0.3, 0.4) is 0 Å². The summed E-state index contributed by atoms with van der Waals surface area (Å²) in [5, 5.41) is 8.40. The number of nitrogens with zero attached hydrogens (tertiary/aromatic N) is 2. The molecule has 27 heavy (non-hydrogen) atoms. The van der Waals surface area contributed by atoms with Gasteiger partial charge in [0.2, 0.25) is 0 Å². The number of aromatic nitrogens is 2. The lowest BCUT2D eigenvalue weighted by Crippen LogP contribution is -2.43. The zero-order chi connectivity index (χ0) is 19.1. The first-order chi connectivity index (χ1) is 13.0. The molecule has 1 saturated heterocycles. The zero-order valence-corrected chi connectivity index (χ0v) is 16.8. The minimum absolute atomic E-state index is 0.0565. The molecule has 142 valence electrons. The van der Waals surface area contributed by atoms with Crippen molar-refractivity contribution < 1.29 is 14.3 Å². The fourth-order valence-corrected chi connectivity index (χ4v) is 4.94. The fraction of sp³-hybridized carbons (Fsp3) is 0.400. The van der Waals surface area contributed by atoms with Crippen LogP contribution in [0.1, 0.15) is 38.2 Å². The maximum atomic E-state index is 13.5. The highest BCUT2D eigenvalue weighted by molar-refractivity contribution is 7.21. The molecule has 1 aliphatic heterocycles. The monoisotopic (exact) mass is 385 g/mol. The van der Waals surface area contributed by atoms with Crippen LogP contribution in [0.25, 0.3) is 10.1 Å². The van der Waals surface area contributed by atoms with E-state index in [9.17, 15) is 4.79 Å². The number of amides is 1. The van der Waals surface area contributed by atoms with E-state index in [1.54, 1.807) is 18.4 Å². The molecule has 3 heterocycles. The quantitative estimate of drug-likeness (QED) is 0.745. The van der Waals surface area contributed by atoms with Crippen molar-refractivity contribution in [2.24, 2.45) is 0 Å². The Morgan fingerprint density at radius 1 is 1.37 bits per heavy atom. The van der Waals surface area contributed by atoms with E-state index in [0.29, 0.717) is 19.8 Å². The summed E-state index contributed by atoms with van der Waals surface area (Å²) in [7, 11) is 1.66. The molecular formula is C20H23N3O3S. The van der Waals surface area contributed by atoms with Crippen LogP contribution in [0.2, 0.25) is 0 Å². The fourth-order valence-electron chi connectivity index (χ4n) is 3.80. The predicted octanol–water partition coefficient (Wildman–Crippen LogP) is 3.77. The number of aromatic amines is 1. The molecule has 1 amide bonds. The second-order valence-corrected chi connectivity index (χ2v) is 7.91. The molecule has 0 bridgehead atoms. The van der Waals surface area contributed by atoms with Crippen molar-refractivity contribution in [2.45, 2.75) is 26.8 Å². The lowest BCUT2D eigenvalue weighted by atomic mass is 10.0. The molecule has 1 N–H and O–H groups in total. The number of benzene rings is 1. The summed E-state index contributed by atoms with van der Waals surface area (Å²) in [5.41, 5.74) is 3.96. The molecule has 2 aromatic heterocycles. The topological polar surface area (TPSA) is 67.4 Å². The SMILES string of the molecule is COc1ccc2sc(C(=O)N3CCOCC3c3c(C)n[nH]c3C)c(C)c2c1. The van der Waals surface area contributed by atoms with Crippen molar-refractivity contribution >= 4 is 27.3 Å². The van der Waals surface area contributed by atoms with E-state index in [1.807, 2.05) is 43.9 Å². The van der Waals surface area contributed by atoms with Gasteiger partial charge in [0.25, 0.3) is 5.91 Å². The summed E-state index contributed by atoms with van der Waals surface area (Å²) >= 11 is 1.54. The Labute approximate surface area is 162 Å². The van der Waals surface area contributed by atoms with Gasteiger partial charge in [-0.05, 0) is 49.9 Å². The van der Waals surface area contributed by atoms with Gasteiger partial charge in [0.1, 0.15) is 5.75 Å². The number of fused-ring (bicyclic) bond motifs is 1. The molecule has 1 fully saturated rings. The minimum Gasteiger partial charge on any atom is -0.497 e. The van der Waals surface area contributed by atoms with Gasteiger partial charge >= 0.3 is 0 Å². The Morgan fingerprint density at radius 3 is 2.89 bits per heavy atom. The Morgan fingerprint density at radius 2 is 2.19 bits per heavy atom. The molecule has 7 heteroatoms. The van der Waals surface area contributed by atoms with Crippen LogP contribution >= 0.6 is 11.3 Å². The van der Waals surface area contributed by atoms with E-state index in [4.69, 9.17) is 9.47 Å². The summed E-state index contributed by atoms with van der Waals surface area (Å²) < 4.78 is 12.1. The second-order valence-electron chi connectivity index (χ2n) is 6.86. The van der Waals surface area contributed by atoms with E-state index in [-0.39, 0.29) is 11.9 Å². The Bertz CT molecular complexity index is 988. The van der Waals surface area contributed by atoms with E-state index in [2.05, 4.69) is 10.2 Å². The first kappa shape index (κ1) is 18.0. The Kier molecular flexibility index (Phi) is 4.65. The summed E-state index contributed by atoms with van der Waals surface area (Å²) in [5.74, 6) is 0.859. The van der Waals surface area contributed by atoms with Crippen molar-refractivity contribution in [1.82, 2.24) is 15.1 Å². The molecule has 0 spiro atoms. The normalized spacial score (nSPS) is 17.5. The number of thiophene rings is 1. The highest BCUT2D eigenvalue weighted by atomic mass is 32.1. The number of methoxy groups -OCH3 is 1. The highest BCUT2D eigenvalue weighted by Gasteiger charge is 2.33. The third-order valence-corrected chi connectivity index (χ3v) is 6.51. The third-order valence-electron chi connectivity index (χ3n) is 5.25. The molecule has 6 nitrogen and oxygen atoms in total. The molecule has 0 aliphatic carbocycles. The first-order valence-electron chi connectivity index (χ1n) is 8.98.